The topological polar surface area (TPSA) is 73.2 Å². The van der Waals surface area contributed by atoms with Crippen LogP contribution in [0.15, 0.2) is 17.2 Å². The molecule has 110 valence electrons. The van der Waals surface area contributed by atoms with Crippen molar-refractivity contribution in [1.29, 1.82) is 0 Å². The van der Waals surface area contributed by atoms with Gasteiger partial charge in [-0.25, -0.2) is 4.98 Å². The maximum atomic E-state index is 12.1. The van der Waals surface area contributed by atoms with Gasteiger partial charge in [-0.2, -0.15) is 0 Å². The molecule has 1 aliphatic carbocycles. The lowest BCUT2D eigenvalue weighted by Gasteiger charge is -2.07. The highest BCUT2D eigenvalue weighted by Gasteiger charge is 2.25. The summed E-state index contributed by atoms with van der Waals surface area (Å²) in [6, 6.07) is 0.367. The van der Waals surface area contributed by atoms with E-state index in [1.165, 1.54) is 7.11 Å². The Labute approximate surface area is 118 Å². The fourth-order valence-electron chi connectivity index (χ4n) is 2.07. The molecule has 0 amide bonds. The number of nitrogens with zero attached hydrogens (tertiary/aromatic N) is 2. The first kappa shape index (κ1) is 14.6. The Kier molecular flexibility index (Phi) is 5.15. The molecular formula is C14H21N3O3. The van der Waals surface area contributed by atoms with Gasteiger partial charge in [-0.1, -0.05) is 6.42 Å². The van der Waals surface area contributed by atoms with Gasteiger partial charge in [0.1, 0.15) is 0 Å². The van der Waals surface area contributed by atoms with Crippen LogP contribution in [0.2, 0.25) is 0 Å². The Hall–Kier alpha value is -1.85. The number of anilines is 1. The second-order valence-corrected chi connectivity index (χ2v) is 5.03. The summed E-state index contributed by atoms with van der Waals surface area (Å²) >= 11 is 0. The van der Waals surface area contributed by atoms with E-state index in [0.717, 1.165) is 32.1 Å². The van der Waals surface area contributed by atoms with Crippen molar-refractivity contribution in [3.05, 3.63) is 22.7 Å². The van der Waals surface area contributed by atoms with Crippen LogP contribution in [0.4, 0.5) is 5.82 Å². The Morgan fingerprint density at radius 3 is 2.95 bits per heavy atom. The minimum absolute atomic E-state index is 0.0374. The minimum atomic E-state index is -0.171. The molecule has 1 fully saturated rings. The second-order valence-electron chi connectivity index (χ2n) is 5.03. The van der Waals surface area contributed by atoms with Crippen LogP contribution in [-0.2, 0) is 9.53 Å². The van der Waals surface area contributed by atoms with E-state index in [2.05, 4.69) is 15.0 Å². The summed E-state index contributed by atoms with van der Waals surface area (Å²) in [7, 11) is 1.40. The van der Waals surface area contributed by atoms with Gasteiger partial charge < -0.3 is 14.6 Å². The molecule has 6 heteroatoms. The summed E-state index contributed by atoms with van der Waals surface area (Å²) in [5.74, 6) is 0.252. The molecule has 0 atom stereocenters. The van der Waals surface area contributed by atoms with Gasteiger partial charge >= 0.3 is 5.97 Å². The van der Waals surface area contributed by atoms with E-state index in [0.29, 0.717) is 24.8 Å². The monoisotopic (exact) mass is 279 g/mol. The lowest BCUT2D eigenvalue weighted by molar-refractivity contribution is -0.140. The fourth-order valence-corrected chi connectivity index (χ4v) is 2.07. The van der Waals surface area contributed by atoms with Crippen molar-refractivity contribution in [3.63, 3.8) is 0 Å². The summed E-state index contributed by atoms with van der Waals surface area (Å²) in [5, 5.41) is 3.08. The third-order valence-corrected chi connectivity index (χ3v) is 3.39. The highest BCUT2D eigenvalue weighted by Crippen LogP contribution is 2.33. The lowest BCUT2D eigenvalue weighted by atomic mass is 10.2. The van der Waals surface area contributed by atoms with E-state index in [9.17, 15) is 9.59 Å². The van der Waals surface area contributed by atoms with Crippen LogP contribution in [0.25, 0.3) is 0 Å². The summed E-state index contributed by atoms with van der Waals surface area (Å²) in [4.78, 5) is 27.1. The smallest absolute Gasteiger partial charge is 0.305 e. The number of carbonyl (C=O) groups is 1. The summed E-state index contributed by atoms with van der Waals surface area (Å²) in [6.07, 6.45) is 8.66. The van der Waals surface area contributed by atoms with Crippen LogP contribution in [0.3, 0.4) is 0 Å². The van der Waals surface area contributed by atoms with Crippen LogP contribution < -0.4 is 10.9 Å². The van der Waals surface area contributed by atoms with Crippen molar-refractivity contribution in [2.45, 2.75) is 44.6 Å². The van der Waals surface area contributed by atoms with Gasteiger partial charge in [0.25, 0.3) is 5.56 Å². The minimum Gasteiger partial charge on any atom is -0.469 e. The number of nitrogens with one attached hydrogen (secondary N) is 1. The number of unbranched alkanes of at least 4 members (excludes halogenated alkanes) is 2. The predicted octanol–water partition coefficient (Wildman–Crippen LogP) is 1.72. The SMILES string of the molecule is COC(=O)CCCCCNc1nccn(C2CC2)c1=O. The molecule has 0 aliphatic heterocycles. The van der Waals surface area contributed by atoms with Crippen molar-refractivity contribution in [3.8, 4) is 0 Å². The maximum absolute atomic E-state index is 12.1. The number of aromatic nitrogens is 2. The molecule has 1 aromatic heterocycles. The first-order valence-corrected chi connectivity index (χ1v) is 7.10. The van der Waals surface area contributed by atoms with Crippen molar-refractivity contribution in [2.24, 2.45) is 0 Å². The van der Waals surface area contributed by atoms with Gasteiger partial charge in [-0.3, -0.25) is 9.59 Å². The van der Waals surface area contributed by atoms with Crippen molar-refractivity contribution in [1.82, 2.24) is 9.55 Å². The zero-order valence-corrected chi connectivity index (χ0v) is 11.8. The average Bonchev–Trinajstić information content (AvgIpc) is 3.28. The highest BCUT2D eigenvalue weighted by molar-refractivity contribution is 5.68. The van der Waals surface area contributed by atoms with Gasteiger partial charge in [-0.15, -0.1) is 0 Å². The maximum Gasteiger partial charge on any atom is 0.305 e. The number of esters is 1. The quantitative estimate of drug-likeness (QED) is 0.579. The number of ether oxygens (including phenoxy) is 1. The fraction of sp³-hybridized carbons (Fsp3) is 0.643. The van der Waals surface area contributed by atoms with Gasteiger partial charge in [-0.05, 0) is 25.7 Å². The number of hydrogen-bond acceptors (Lipinski definition) is 5. The molecule has 1 aliphatic rings. The van der Waals surface area contributed by atoms with E-state index < -0.39 is 0 Å². The van der Waals surface area contributed by atoms with Crippen LogP contribution >= 0.6 is 0 Å². The first-order valence-electron chi connectivity index (χ1n) is 7.10. The molecule has 0 radical (unpaired) electrons. The van der Waals surface area contributed by atoms with E-state index in [1.54, 1.807) is 17.0 Å². The molecule has 20 heavy (non-hydrogen) atoms. The molecule has 1 N–H and O–H groups in total. The van der Waals surface area contributed by atoms with Crippen molar-refractivity contribution >= 4 is 11.8 Å². The standard InChI is InChI=1S/C14H21N3O3/c1-20-12(18)5-3-2-4-8-15-13-14(19)17(10-9-16-13)11-6-7-11/h9-11H,2-8H2,1H3,(H,15,16). The third kappa shape index (κ3) is 4.08. The van der Waals surface area contributed by atoms with Crippen molar-refractivity contribution < 1.29 is 9.53 Å². The Balaban J connectivity index is 1.70. The van der Waals surface area contributed by atoms with Crippen molar-refractivity contribution in [2.75, 3.05) is 19.0 Å². The average molecular weight is 279 g/mol. The molecule has 0 saturated heterocycles. The van der Waals surface area contributed by atoms with E-state index >= 15 is 0 Å². The molecule has 6 nitrogen and oxygen atoms in total. The number of methoxy groups -OCH3 is 1. The van der Waals surface area contributed by atoms with Gasteiger partial charge in [0.2, 0.25) is 0 Å². The molecule has 1 aromatic rings. The molecule has 1 saturated carbocycles. The zero-order valence-electron chi connectivity index (χ0n) is 11.8. The second kappa shape index (κ2) is 7.07. The van der Waals surface area contributed by atoms with Crippen LogP contribution in [0, 0.1) is 0 Å². The van der Waals surface area contributed by atoms with E-state index in [1.807, 2.05) is 0 Å². The number of hydrogen-bond donors (Lipinski definition) is 1. The van der Waals surface area contributed by atoms with E-state index in [-0.39, 0.29) is 11.5 Å². The van der Waals surface area contributed by atoms with E-state index in [4.69, 9.17) is 0 Å². The van der Waals surface area contributed by atoms with Gasteiger partial charge in [0, 0.05) is 31.4 Å². The summed E-state index contributed by atoms with van der Waals surface area (Å²) in [6.45, 7) is 0.693. The zero-order chi connectivity index (χ0) is 14.4. The number of carbonyl (C=O) groups excluding carboxylic acids is 1. The normalized spacial score (nSPS) is 14.1. The Morgan fingerprint density at radius 1 is 1.45 bits per heavy atom. The molecule has 0 bridgehead atoms. The molecule has 1 heterocycles. The molecule has 2 rings (SSSR count). The Bertz CT molecular complexity index is 509. The first-order chi connectivity index (χ1) is 9.72. The molecular weight excluding hydrogens is 258 g/mol. The molecule has 0 unspecified atom stereocenters. The van der Waals surface area contributed by atoms with Gasteiger partial charge in [0.15, 0.2) is 5.82 Å². The summed E-state index contributed by atoms with van der Waals surface area (Å²) < 4.78 is 6.33. The van der Waals surface area contributed by atoms with Crippen LogP contribution in [-0.4, -0.2) is 29.2 Å². The van der Waals surface area contributed by atoms with Crippen LogP contribution in [0.1, 0.15) is 44.6 Å². The summed E-state index contributed by atoms with van der Waals surface area (Å²) in [5.41, 5.74) is -0.0374. The lowest BCUT2D eigenvalue weighted by Crippen LogP contribution is -2.24. The third-order valence-electron chi connectivity index (χ3n) is 3.39. The molecule has 0 aromatic carbocycles. The predicted molar refractivity (Wildman–Crippen MR) is 75.7 cm³/mol. The van der Waals surface area contributed by atoms with Gasteiger partial charge in [0.05, 0.1) is 7.11 Å². The molecule has 0 spiro atoms. The highest BCUT2D eigenvalue weighted by atomic mass is 16.5. The van der Waals surface area contributed by atoms with Crippen LogP contribution in [0.5, 0.6) is 0 Å². The largest absolute Gasteiger partial charge is 0.469 e. The number of rotatable bonds is 8. The Morgan fingerprint density at radius 2 is 2.25 bits per heavy atom.